The zero-order valence-corrected chi connectivity index (χ0v) is 12.8. The largest absolute Gasteiger partial charge is 0.295 e. The summed E-state index contributed by atoms with van der Waals surface area (Å²) in [6, 6.07) is 6.32. The summed E-state index contributed by atoms with van der Waals surface area (Å²) in [5, 5.41) is 0. The molecule has 5 heteroatoms. The molecule has 1 aliphatic rings. The fourth-order valence-corrected chi connectivity index (χ4v) is 3.83. The monoisotopic (exact) mass is 295 g/mol. The van der Waals surface area contributed by atoms with Crippen molar-refractivity contribution >= 4 is 15.8 Å². The van der Waals surface area contributed by atoms with Crippen molar-refractivity contribution in [2.45, 2.75) is 38.0 Å². The van der Waals surface area contributed by atoms with Crippen LogP contribution in [0.2, 0.25) is 0 Å². The van der Waals surface area contributed by atoms with E-state index in [9.17, 15) is 13.2 Å². The van der Waals surface area contributed by atoms with E-state index < -0.39 is 10.0 Å². The molecule has 0 unspecified atom stereocenters. The van der Waals surface area contributed by atoms with Crippen molar-refractivity contribution in [1.82, 2.24) is 4.31 Å². The van der Waals surface area contributed by atoms with Crippen molar-refractivity contribution in [2.75, 3.05) is 13.1 Å². The lowest BCUT2D eigenvalue weighted by Crippen LogP contribution is -2.33. The molecule has 1 saturated carbocycles. The molecule has 0 radical (unpaired) electrons. The zero-order chi connectivity index (χ0) is 14.8. The van der Waals surface area contributed by atoms with E-state index in [1.54, 1.807) is 22.5 Å². The van der Waals surface area contributed by atoms with Gasteiger partial charge in [0.1, 0.15) is 0 Å². The van der Waals surface area contributed by atoms with Crippen LogP contribution in [-0.4, -0.2) is 31.6 Å². The molecule has 110 valence electrons. The van der Waals surface area contributed by atoms with E-state index in [2.05, 4.69) is 0 Å². The molecule has 1 aromatic rings. The summed E-state index contributed by atoms with van der Waals surface area (Å²) in [6.07, 6.45) is 3.02. The molecule has 0 aromatic heterocycles. The maximum atomic E-state index is 12.7. The summed E-state index contributed by atoms with van der Waals surface area (Å²) in [6.45, 7) is 4.55. The van der Waals surface area contributed by atoms with E-state index in [0.29, 0.717) is 24.6 Å². The van der Waals surface area contributed by atoms with E-state index in [-0.39, 0.29) is 10.7 Å². The van der Waals surface area contributed by atoms with Crippen LogP contribution in [0.1, 0.15) is 43.5 Å². The van der Waals surface area contributed by atoms with Crippen LogP contribution in [-0.2, 0) is 10.0 Å². The second kappa shape index (κ2) is 6.06. The molecule has 0 amide bonds. The molecule has 0 N–H and O–H groups in total. The van der Waals surface area contributed by atoms with Crippen LogP contribution in [0.25, 0.3) is 0 Å². The molecule has 1 fully saturated rings. The van der Waals surface area contributed by atoms with Crippen LogP contribution in [0, 0.1) is 5.92 Å². The number of nitrogens with zero attached hydrogens (tertiary/aromatic N) is 1. The molecule has 1 aliphatic carbocycles. The van der Waals surface area contributed by atoms with E-state index in [1.807, 2.05) is 6.92 Å². The molecular formula is C15H21NO3S. The summed E-state index contributed by atoms with van der Waals surface area (Å²) in [5.41, 5.74) is 0.439. The SMILES string of the molecule is CCCN(CC1CC1)S(=O)(=O)c1cccc(C(C)=O)c1. The van der Waals surface area contributed by atoms with Crippen LogP contribution >= 0.6 is 0 Å². The molecule has 2 rings (SSSR count). The molecule has 4 nitrogen and oxygen atoms in total. The van der Waals surface area contributed by atoms with Crippen LogP contribution in [0.15, 0.2) is 29.2 Å². The van der Waals surface area contributed by atoms with Gasteiger partial charge in [-0.15, -0.1) is 0 Å². The maximum absolute atomic E-state index is 12.7. The van der Waals surface area contributed by atoms with E-state index in [4.69, 9.17) is 0 Å². The summed E-state index contributed by atoms with van der Waals surface area (Å²) in [7, 11) is -3.49. The average molecular weight is 295 g/mol. The first-order valence-electron chi connectivity index (χ1n) is 7.06. The predicted molar refractivity (Wildman–Crippen MR) is 78.2 cm³/mol. The first-order chi connectivity index (χ1) is 9.45. The van der Waals surface area contributed by atoms with E-state index in [0.717, 1.165) is 19.3 Å². The Morgan fingerprint density at radius 3 is 2.60 bits per heavy atom. The van der Waals surface area contributed by atoms with Crippen LogP contribution in [0.3, 0.4) is 0 Å². The normalized spacial score (nSPS) is 15.6. The van der Waals surface area contributed by atoms with Crippen LogP contribution < -0.4 is 0 Å². The van der Waals surface area contributed by atoms with Gasteiger partial charge in [-0.05, 0) is 44.2 Å². The number of sulfonamides is 1. The van der Waals surface area contributed by atoms with Crippen molar-refractivity contribution in [3.8, 4) is 0 Å². The fraction of sp³-hybridized carbons (Fsp3) is 0.533. The number of carbonyl (C=O) groups is 1. The Balaban J connectivity index is 2.30. The average Bonchev–Trinajstić information content (AvgIpc) is 3.22. The standard InChI is InChI=1S/C15H21NO3S/c1-3-9-16(11-13-7-8-13)20(18,19)15-6-4-5-14(10-15)12(2)17/h4-6,10,13H,3,7-9,11H2,1-2H3. The van der Waals surface area contributed by atoms with Gasteiger partial charge < -0.3 is 0 Å². The van der Waals surface area contributed by atoms with Gasteiger partial charge in [0.25, 0.3) is 0 Å². The molecule has 0 atom stereocenters. The lowest BCUT2D eigenvalue weighted by atomic mass is 10.2. The molecule has 1 aromatic carbocycles. The Morgan fingerprint density at radius 2 is 2.05 bits per heavy atom. The second-order valence-electron chi connectivity index (χ2n) is 5.39. The number of hydrogen-bond donors (Lipinski definition) is 0. The second-order valence-corrected chi connectivity index (χ2v) is 7.33. The van der Waals surface area contributed by atoms with Gasteiger partial charge in [0.05, 0.1) is 4.90 Å². The first-order valence-corrected chi connectivity index (χ1v) is 8.50. The van der Waals surface area contributed by atoms with Gasteiger partial charge >= 0.3 is 0 Å². The smallest absolute Gasteiger partial charge is 0.243 e. The van der Waals surface area contributed by atoms with Gasteiger partial charge in [0, 0.05) is 18.7 Å². The lowest BCUT2D eigenvalue weighted by molar-refractivity contribution is 0.101. The fourth-order valence-electron chi connectivity index (χ4n) is 2.17. The molecule has 0 saturated heterocycles. The molecule has 0 aliphatic heterocycles. The third-order valence-corrected chi connectivity index (χ3v) is 5.37. The molecular weight excluding hydrogens is 274 g/mol. The number of hydrogen-bond acceptors (Lipinski definition) is 3. The summed E-state index contributed by atoms with van der Waals surface area (Å²) >= 11 is 0. The van der Waals surface area contributed by atoms with Crippen LogP contribution in [0.5, 0.6) is 0 Å². The highest BCUT2D eigenvalue weighted by Crippen LogP contribution is 2.31. The molecule has 0 heterocycles. The quantitative estimate of drug-likeness (QED) is 0.727. The van der Waals surface area contributed by atoms with Gasteiger partial charge in [-0.2, -0.15) is 4.31 Å². The molecule has 20 heavy (non-hydrogen) atoms. The van der Waals surface area contributed by atoms with E-state index in [1.165, 1.54) is 13.0 Å². The van der Waals surface area contributed by atoms with Crippen molar-refractivity contribution < 1.29 is 13.2 Å². The van der Waals surface area contributed by atoms with Gasteiger partial charge in [-0.1, -0.05) is 19.1 Å². The number of Topliss-reactive ketones (excluding diaryl/α,β-unsaturated/α-hetero) is 1. The third kappa shape index (κ3) is 3.46. The highest BCUT2D eigenvalue weighted by Gasteiger charge is 2.31. The summed E-state index contributed by atoms with van der Waals surface area (Å²) in [5.74, 6) is 0.388. The van der Waals surface area contributed by atoms with Gasteiger partial charge in [0.15, 0.2) is 5.78 Å². The minimum absolute atomic E-state index is 0.119. The Hall–Kier alpha value is -1.20. The number of carbonyl (C=O) groups excluding carboxylic acids is 1. The lowest BCUT2D eigenvalue weighted by Gasteiger charge is -2.21. The summed E-state index contributed by atoms with van der Waals surface area (Å²) in [4.78, 5) is 11.6. The van der Waals surface area contributed by atoms with Crippen molar-refractivity contribution in [1.29, 1.82) is 0 Å². The molecule has 0 spiro atoms. The first kappa shape index (κ1) is 15.2. The van der Waals surface area contributed by atoms with Gasteiger partial charge in [0.2, 0.25) is 10.0 Å². The topological polar surface area (TPSA) is 54.5 Å². The Kier molecular flexibility index (Phi) is 4.60. The van der Waals surface area contributed by atoms with E-state index >= 15 is 0 Å². The Labute approximate surface area is 120 Å². The highest BCUT2D eigenvalue weighted by atomic mass is 32.2. The maximum Gasteiger partial charge on any atom is 0.243 e. The minimum atomic E-state index is -3.49. The van der Waals surface area contributed by atoms with Crippen LogP contribution in [0.4, 0.5) is 0 Å². The van der Waals surface area contributed by atoms with Gasteiger partial charge in [-0.3, -0.25) is 4.79 Å². The minimum Gasteiger partial charge on any atom is -0.295 e. The van der Waals surface area contributed by atoms with Crippen molar-refractivity contribution in [3.05, 3.63) is 29.8 Å². The van der Waals surface area contributed by atoms with Crippen molar-refractivity contribution in [3.63, 3.8) is 0 Å². The highest BCUT2D eigenvalue weighted by molar-refractivity contribution is 7.89. The number of ketones is 1. The Morgan fingerprint density at radius 1 is 1.35 bits per heavy atom. The number of rotatable bonds is 7. The summed E-state index contributed by atoms with van der Waals surface area (Å²) < 4.78 is 26.9. The van der Waals surface area contributed by atoms with Gasteiger partial charge in [-0.25, -0.2) is 8.42 Å². The third-order valence-electron chi connectivity index (χ3n) is 3.51. The zero-order valence-electron chi connectivity index (χ0n) is 12.0. The van der Waals surface area contributed by atoms with Crippen molar-refractivity contribution in [2.24, 2.45) is 5.92 Å². The Bertz CT molecular complexity index is 591. The predicted octanol–water partition coefficient (Wildman–Crippen LogP) is 2.70. The molecule has 0 bridgehead atoms. The number of benzene rings is 1.